The lowest BCUT2D eigenvalue weighted by molar-refractivity contribution is 0.809. The molecule has 2 aromatic carbocycles. The van der Waals surface area contributed by atoms with Gasteiger partial charge in [0.25, 0.3) is 0 Å². The van der Waals surface area contributed by atoms with Crippen molar-refractivity contribution in [1.29, 1.82) is 0 Å². The molecule has 0 saturated carbocycles. The van der Waals surface area contributed by atoms with Gasteiger partial charge >= 0.3 is 0 Å². The van der Waals surface area contributed by atoms with Gasteiger partial charge in [0.2, 0.25) is 0 Å². The van der Waals surface area contributed by atoms with Crippen molar-refractivity contribution >= 4 is 0 Å². The van der Waals surface area contributed by atoms with Crippen molar-refractivity contribution in [2.24, 2.45) is 0 Å². The third-order valence-electron chi connectivity index (χ3n) is 3.17. The number of hydrogen-bond acceptors (Lipinski definition) is 0. The summed E-state index contributed by atoms with van der Waals surface area (Å²) in [6.45, 7) is 6.15. The van der Waals surface area contributed by atoms with E-state index < -0.39 is 0 Å². The molecule has 1 atom stereocenters. The van der Waals surface area contributed by atoms with Crippen LogP contribution < -0.4 is 0 Å². The van der Waals surface area contributed by atoms with Gasteiger partial charge in [0, 0.05) is 5.92 Å². The van der Waals surface area contributed by atoms with Crippen LogP contribution in [0.3, 0.4) is 0 Å². The van der Waals surface area contributed by atoms with Gasteiger partial charge in [0.05, 0.1) is 0 Å². The lowest BCUT2D eigenvalue weighted by Crippen LogP contribution is -1.96. The molecular formula is C17H18. The second-order valence-electron chi connectivity index (χ2n) is 4.20. The van der Waals surface area contributed by atoms with Gasteiger partial charge < -0.3 is 0 Å². The summed E-state index contributed by atoms with van der Waals surface area (Å²) in [4.78, 5) is 0. The lowest BCUT2D eigenvalue weighted by Gasteiger charge is -2.15. The van der Waals surface area contributed by atoms with Crippen molar-refractivity contribution in [2.45, 2.75) is 19.3 Å². The van der Waals surface area contributed by atoms with Crippen LogP contribution in [0, 0.1) is 0 Å². The molecule has 0 amide bonds. The highest BCUT2D eigenvalue weighted by atomic mass is 14.1. The summed E-state index contributed by atoms with van der Waals surface area (Å²) in [5.74, 6) is 0.436. The summed E-state index contributed by atoms with van der Waals surface area (Å²) in [5, 5.41) is 0. The van der Waals surface area contributed by atoms with Crippen LogP contribution in [-0.2, 0) is 0 Å². The average Bonchev–Trinajstić information content (AvgIpc) is 2.42. The van der Waals surface area contributed by atoms with E-state index in [2.05, 4.69) is 68.1 Å². The van der Waals surface area contributed by atoms with Gasteiger partial charge in [-0.25, -0.2) is 0 Å². The molecule has 0 aromatic heterocycles. The normalized spacial score (nSPS) is 12.1. The number of benzene rings is 2. The summed E-state index contributed by atoms with van der Waals surface area (Å²) in [6, 6.07) is 19.1. The van der Waals surface area contributed by atoms with E-state index in [0.717, 1.165) is 6.42 Å². The number of allylic oxidation sites excluding steroid dienone is 1. The second kappa shape index (κ2) is 5.49. The van der Waals surface area contributed by atoms with Gasteiger partial charge in [0.15, 0.2) is 0 Å². The van der Waals surface area contributed by atoms with Crippen molar-refractivity contribution in [2.75, 3.05) is 0 Å². The highest BCUT2D eigenvalue weighted by Gasteiger charge is 2.10. The first-order valence-electron chi connectivity index (χ1n) is 6.13. The Balaban J connectivity index is 2.51. The first kappa shape index (κ1) is 11.7. The maximum atomic E-state index is 3.94. The maximum Gasteiger partial charge on any atom is 0.00188 e. The summed E-state index contributed by atoms with van der Waals surface area (Å²) < 4.78 is 0. The zero-order valence-corrected chi connectivity index (χ0v) is 10.3. The standard InChI is InChI=1S/C17H18/c1-3-14(4-2)16-12-8-9-13-17(16)15-10-6-5-7-11-15/h3,5-14H,1,4H2,2H3. The molecule has 0 N–H and O–H groups in total. The molecule has 2 rings (SSSR count). The van der Waals surface area contributed by atoms with E-state index in [1.165, 1.54) is 16.7 Å². The molecule has 0 saturated heterocycles. The van der Waals surface area contributed by atoms with Crippen molar-refractivity contribution < 1.29 is 0 Å². The fraction of sp³-hybridized carbons (Fsp3) is 0.176. The van der Waals surface area contributed by atoms with Crippen LogP contribution in [0.15, 0.2) is 67.3 Å². The topological polar surface area (TPSA) is 0 Å². The quantitative estimate of drug-likeness (QED) is 0.636. The molecule has 0 heteroatoms. The van der Waals surface area contributed by atoms with Crippen molar-refractivity contribution in [1.82, 2.24) is 0 Å². The Morgan fingerprint density at radius 3 is 2.29 bits per heavy atom. The molecule has 0 aliphatic heterocycles. The first-order chi connectivity index (χ1) is 8.36. The molecule has 0 bridgehead atoms. The van der Waals surface area contributed by atoms with Crippen LogP contribution in [0.2, 0.25) is 0 Å². The Labute approximate surface area is 104 Å². The fourth-order valence-corrected chi connectivity index (χ4v) is 2.21. The zero-order chi connectivity index (χ0) is 12.1. The lowest BCUT2D eigenvalue weighted by atomic mass is 9.89. The smallest absolute Gasteiger partial charge is 0.00188 e. The zero-order valence-electron chi connectivity index (χ0n) is 10.3. The maximum absolute atomic E-state index is 3.94. The highest BCUT2D eigenvalue weighted by molar-refractivity contribution is 5.68. The van der Waals surface area contributed by atoms with Crippen molar-refractivity contribution in [3.8, 4) is 11.1 Å². The Morgan fingerprint density at radius 1 is 1.00 bits per heavy atom. The van der Waals surface area contributed by atoms with E-state index in [-0.39, 0.29) is 0 Å². The molecule has 2 aromatic rings. The van der Waals surface area contributed by atoms with Crippen LogP contribution in [0.5, 0.6) is 0 Å². The summed E-state index contributed by atoms with van der Waals surface area (Å²) in [6.07, 6.45) is 3.13. The van der Waals surface area contributed by atoms with Crippen molar-refractivity contribution in [3.63, 3.8) is 0 Å². The molecule has 0 spiro atoms. The van der Waals surface area contributed by atoms with E-state index in [0.29, 0.717) is 5.92 Å². The minimum atomic E-state index is 0.436. The predicted octanol–water partition coefficient (Wildman–Crippen LogP) is 5.03. The molecule has 0 heterocycles. The average molecular weight is 222 g/mol. The Kier molecular flexibility index (Phi) is 3.77. The molecule has 0 aliphatic carbocycles. The van der Waals surface area contributed by atoms with E-state index in [9.17, 15) is 0 Å². The second-order valence-corrected chi connectivity index (χ2v) is 4.20. The molecule has 1 unspecified atom stereocenters. The van der Waals surface area contributed by atoms with E-state index >= 15 is 0 Å². The van der Waals surface area contributed by atoms with Gasteiger partial charge in [-0.3, -0.25) is 0 Å². The number of hydrogen-bond donors (Lipinski definition) is 0. The molecule has 86 valence electrons. The third kappa shape index (κ3) is 2.47. The SMILES string of the molecule is C=CC(CC)c1ccccc1-c1ccccc1. The molecule has 0 nitrogen and oxygen atoms in total. The van der Waals surface area contributed by atoms with Gasteiger partial charge in [0.1, 0.15) is 0 Å². The Morgan fingerprint density at radius 2 is 1.65 bits per heavy atom. The minimum Gasteiger partial charge on any atom is -0.102 e. The van der Waals surface area contributed by atoms with Crippen molar-refractivity contribution in [3.05, 3.63) is 72.8 Å². The van der Waals surface area contributed by atoms with Gasteiger partial charge in [-0.1, -0.05) is 67.6 Å². The third-order valence-corrected chi connectivity index (χ3v) is 3.17. The molecular weight excluding hydrogens is 204 g/mol. The van der Waals surface area contributed by atoms with Gasteiger partial charge in [-0.2, -0.15) is 0 Å². The Bertz CT molecular complexity index is 482. The van der Waals surface area contributed by atoms with Gasteiger partial charge in [-0.15, -0.1) is 6.58 Å². The summed E-state index contributed by atoms with van der Waals surface area (Å²) in [7, 11) is 0. The van der Waals surface area contributed by atoms with E-state index in [1.807, 2.05) is 6.08 Å². The summed E-state index contributed by atoms with van der Waals surface area (Å²) >= 11 is 0. The molecule has 0 fully saturated rings. The van der Waals surface area contributed by atoms with Crippen LogP contribution in [0.4, 0.5) is 0 Å². The minimum absolute atomic E-state index is 0.436. The molecule has 0 radical (unpaired) electrons. The largest absolute Gasteiger partial charge is 0.102 e. The molecule has 17 heavy (non-hydrogen) atoms. The number of rotatable bonds is 4. The van der Waals surface area contributed by atoms with Gasteiger partial charge in [-0.05, 0) is 23.1 Å². The van der Waals surface area contributed by atoms with Crippen LogP contribution in [0.1, 0.15) is 24.8 Å². The van der Waals surface area contributed by atoms with E-state index in [1.54, 1.807) is 0 Å². The first-order valence-corrected chi connectivity index (χ1v) is 6.13. The highest BCUT2D eigenvalue weighted by Crippen LogP contribution is 2.31. The molecule has 0 aliphatic rings. The summed E-state index contributed by atoms with van der Waals surface area (Å²) in [5.41, 5.74) is 3.97. The fourth-order valence-electron chi connectivity index (χ4n) is 2.21. The monoisotopic (exact) mass is 222 g/mol. The Hall–Kier alpha value is -1.82. The van der Waals surface area contributed by atoms with Crippen LogP contribution >= 0.6 is 0 Å². The van der Waals surface area contributed by atoms with E-state index in [4.69, 9.17) is 0 Å². The predicted molar refractivity (Wildman–Crippen MR) is 75.1 cm³/mol. The van der Waals surface area contributed by atoms with Crippen LogP contribution in [-0.4, -0.2) is 0 Å². The van der Waals surface area contributed by atoms with Crippen LogP contribution in [0.25, 0.3) is 11.1 Å².